The zero-order valence-corrected chi connectivity index (χ0v) is 15.9. The van der Waals surface area contributed by atoms with E-state index in [1.165, 1.54) is 27.4 Å². The SMILES string of the molecule is CN(C)C(=O)C(Sc1nnc(Cc2ccccc2F)n1N)c1ccccc1. The average molecular weight is 385 g/mol. The molecule has 27 heavy (non-hydrogen) atoms. The van der Waals surface area contributed by atoms with Crippen molar-refractivity contribution >= 4 is 17.7 Å². The maximum atomic E-state index is 13.9. The monoisotopic (exact) mass is 385 g/mol. The minimum Gasteiger partial charge on any atom is -0.348 e. The lowest BCUT2D eigenvalue weighted by molar-refractivity contribution is -0.128. The van der Waals surface area contributed by atoms with Crippen LogP contribution in [0.5, 0.6) is 0 Å². The van der Waals surface area contributed by atoms with Crippen molar-refractivity contribution in [3.05, 3.63) is 77.4 Å². The molecule has 1 aromatic heterocycles. The van der Waals surface area contributed by atoms with Gasteiger partial charge in [0.15, 0.2) is 5.82 Å². The molecular weight excluding hydrogens is 365 g/mol. The van der Waals surface area contributed by atoms with Crippen molar-refractivity contribution in [2.45, 2.75) is 16.8 Å². The summed E-state index contributed by atoms with van der Waals surface area (Å²) in [5.41, 5.74) is 1.33. The minimum absolute atomic E-state index is 0.0788. The molecule has 0 aliphatic rings. The Balaban J connectivity index is 1.86. The maximum absolute atomic E-state index is 13.9. The van der Waals surface area contributed by atoms with Crippen LogP contribution in [0.1, 0.15) is 22.2 Å². The summed E-state index contributed by atoms with van der Waals surface area (Å²) in [6.45, 7) is 0. The van der Waals surface area contributed by atoms with Gasteiger partial charge < -0.3 is 10.7 Å². The molecule has 2 aromatic carbocycles. The number of likely N-dealkylation sites (N-methyl/N-ethyl adjacent to an activating group) is 1. The number of halogens is 1. The van der Waals surface area contributed by atoms with Gasteiger partial charge in [-0.25, -0.2) is 9.07 Å². The molecule has 0 spiro atoms. The first-order valence-corrected chi connectivity index (χ1v) is 9.21. The molecule has 0 aliphatic heterocycles. The van der Waals surface area contributed by atoms with Crippen molar-refractivity contribution in [1.29, 1.82) is 0 Å². The number of nitrogens with zero attached hydrogens (tertiary/aromatic N) is 4. The van der Waals surface area contributed by atoms with E-state index in [-0.39, 0.29) is 18.1 Å². The fraction of sp³-hybridized carbons (Fsp3) is 0.211. The number of rotatable bonds is 6. The van der Waals surface area contributed by atoms with E-state index in [4.69, 9.17) is 5.84 Å². The summed E-state index contributed by atoms with van der Waals surface area (Å²) in [6.07, 6.45) is 0.217. The van der Waals surface area contributed by atoms with E-state index in [0.29, 0.717) is 16.5 Å². The Morgan fingerprint density at radius 1 is 1.15 bits per heavy atom. The second kappa shape index (κ2) is 8.22. The van der Waals surface area contributed by atoms with Crippen LogP contribution in [0.2, 0.25) is 0 Å². The molecule has 140 valence electrons. The lowest BCUT2D eigenvalue weighted by Crippen LogP contribution is -2.27. The van der Waals surface area contributed by atoms with Crippen molar-refractivity contribution in [2.75, 3.05) is 19.9 Å². The van der Waals surface area contributed by atoms with Crippen molar-refractivity contribution in [2.24, 2.45) is 0 Å². The Kier molecular flexibility index (Phi) is 5.75. The van der Waals surface area contributed by atoms with Gasteiger partial charge in [0.2, 0.25) is 11.1 Å². The number of hydrogen-bond donors (Lipinski definition) is 1. The number of hydrogen-bond acceptors (Lipinski definition) is 5. The lowest BCUT2D eigenvalue weighted by Gasteiger charge is -2.20. The van der Waals surface area contributed by atoms with Gasteiger partial charge >= 0.3 is 0 Å². The molecule has 0 bridgehead atoms. The topological polar surface area (TPSA) is 77.0 Å². The van der Waals surface area contributed by atoms with Crippen LogP contribution in [0.15, 0.2) is 59.8 Å². The molecule has 0 radical (unpaired) electrons. The minimum atomic E-state index is -0.506. The molecular formula is C19H20FN5OS. The van der Waals surface area contributed by atoms with Crippen molar-refractivity contribution in [1.82, 2.24) is 19.8 Å². The molecule has 0 aliphatic carbocycles. The molecule has 0 saturated heterocycles. The number of carbonyl (C=O) groups excluding carboxylic acids is 1. The van der Waals surface area contributed by atoms with Gasteiger partial charge in [0.05, 0.1) is 0 Å². The van der Waals surface area contributed by atoms with Crippen LogP contribution in [0.25, 0.3) is 0 Å². The summed E-state index contributed by atoms with van der Waals surface area (Å²) in [5, 5.41) is 8.07. The zero-order valence-electron chi connectivity index (χ0n) is 15.0. The second-order valence-corrected chi connectivity index (χ2v) is 7.25. The van der Waals surface area contributed by atoms with Crippen LogP contribution in [-0.2, 0) is 11.2 Å². The van der Waals surface area contributed by atoms with E-state index < -0.39 is 5.25 Å². The number of carbonyl (C=O) groups is 1. The Bertz CT molecular complexity index is 929. The van der Waals surface area contributed by atoms with E-state index in [1.807, 2.05) is 30.3 Å². The molecule has 6 nitrogen and oxygen atoms in total. The Morgan fingerprint density at radius 3 is 2.48 bits per heavy atom. The van der Waals surface area contributed by atoms with Crippen LogP contribution in [-0.4, -0.2) is 39.8 Å². The van der Waals surface area contributed by atoms with E-state index in [9.17, 15) is 9.18 Å². The zero-order chi connectivity index (χ0) is 19.4. The van der Waals surface area contributed by atoms with Crippen molar-refractivity contribution < 1.29 is 9.18 Å². The molecule has 1 heterocycles. The highest BCUT2D eigenvalue weighted by molar-refractivity contribution is 8.00. The van der Waals surface area contributed by atoms with E-state index in [2.05, 4.69) is 10.2 Å². The number of nitrogen functional groups attached to an aromatic ring is 1. The molecule has 2 N–H and O–H groups in total. The maximum Gasteiger partial charge on any atom is 0.240 e. The first-order valence-electron chi connectivity index (χ1n) is 8.33. The van der Waals surface area contributed by atoms with E-state index in [0.717, 1.165) is 5.56 Å². The molecule has 1 unspecified atom stereocenters. The third-order valence-electron chi connectivity index (χ3n) is 4.03. The quantitative estimate of drug-likeness (QED) is 0.521. The molecule has 0 saturated carbocycles. The highest BCUT2D eigenvalue weighted by Gasteiger charge is 2.26. The summed E-state index contributed by atoms with van der Waals surface area (Å²) in [5.74, 6) is 6.15. The first-order chi connectivity index (χ1) is 13.0. The van der Waals surface area contributed by atoms with Crippen LogP contribution in [0.3, 0.4) is 0 Å². The second-order valence-electron chi connectivity index (χ2n) is 6.18. The first kappa shape index (κ1) is 18.9. The summed E-state index contributed by atoms with van der Waals surface area (Å²) in [6, 6.07) is 15.9. The Morgan fingerprint density at radius 2 is 1.81 bits per heavy atom. The number of nitrogens with two attached hydrogens (primary N) is 1. The summed E-state index contributed by atoms with van der Waals surface area (Å²) < 4.78 is 15.2. The molecule has 3 aromatic rings. The smallest absolute Gasteiger partial charge is 0.240 e. The van der Waals surface area contributed by atoms with E-state index in [1.54, 1.807) is 32.3 Å². The van der Waals surface area contributed by atoms with Gasteiger partial charge in [0.25, 0.3) is 0 Å². The third kappa shape index (κ3) is 4.28. The van der Waals surface area contributed by atoms with Crippen LogP contribution >= 0.6 is 11.8 Å². The van der Waals surface area contributed by atoms with E-state index >= 15 is 0 Å². The predicted octanol–water partition coefficient (Wildman–Crippen LogP) is 2.64. The van der Waals surface area contributed by atoms with Gasteiger partial charge in [-0.3, -0.25) is 4.79 Å². The molecule has 1 amide bonds. The van der Waals surface area contributed by atoms with Crippen molar-refractivity contribution in [3.8, 4) is 0 Å². The highest BCUT2D eigenvalue weighted by Crippen LogP contribution is 2.35. The van der Waals surface area contributed by atoms with Gasteiger partial charge in [-0.2, -0.15) is 0 Å². The summed E-state index contributed by atoms with van der Waals surface area (Å²) >= 11 is 1.22. The summed E-state index contributed by atoms with van der Waals surface area (Å²) in [4.78, 5) is 14.2. The molecule has 1 atom stereocenters. The molecule has 3 rings (SSSR count). The fourth-order valence-electron chi connectivity index (χ4n) is 2.55. The predicted molar refractivity (Wildman–Crippen MR) is 103 cm³/mol. The number of benzene rings is 2. The lowest BCUT2D eigenvalue weighted by atomic mass is 10.1. The van der Waals surface area contributed by atoms with Gasteiger partial charge in [0.1, 0.15) is 11.1 Å². The molecule has 8 heteroatoms. The fourth-order valence-corrected chi connectivity index (χ4v) is 3.67. The van der Waals surface area contributed by atoms with Crippen LogP contribution in [0, 0.1) is 5.82 Å². The standard InChI is InChI=1S/C19H20FN5OS/c1-24(2)18(26)17(13-8-4-3-5-9-13)27-19-23-22-16(25(19)21)12-14-10-6-7-11-15(14)20/h3-11,17H,12,21H2,1-2H3. The summed E-state index contributed by atoms with van der Waals surface area (Å²) in [7, 11) is 3.41. The van der Waals surface area contributed by atoms with Crippen molar-refractivity contribution in [3.63, 3.8) is 0 Å². The normalized spacial score (nSPS) is 12.0. The van der Waals surface area contributed by atoms with Gasteiger partial charge in [-0.15, -0.1) is 10.2 Å². The number of aromatic nitrogens is 3. The Hall–Kier alpha value is -2.87. The third-order valence-corrected chi connectivity index (χ3v) is 5.23. The Labute approximate surface area is 161 Å². The molecule has 0 fully saturated rings. The van der Waals surface area contributed by atoms with Gasteiger partial charge in [-0.1, -0.05) is 60.3 Å². The largest absolute Gasteiger partial charge is 0.348 e. The number of thioether (sulfide) groups is 1. The van der Waals surface area contributed by atoms with Gasteiger partial charge in [-0.05, 0) is 17.2 Å². The van der Waals surface area contributed by atoms with Crippen LogP contribution in [0.4, 0.5) is 4.39 Å². The highest BCUT2D eigenvalue weighted by atomic mass is 32.2. The van der Waals surface area contributed by atoms with Crippen LogP contribution < -0.4 is 5.84 Å². The van der Waals surface area contributed by atoms with Gasteiger partial charge in [0, 0.05) is 20.5 Å². The number of amides is 1. The average Bonchev–Trinajstić information content (AvgIpc) is 3.01.